The highest BCUT2D eigenvalue weighted by Gasteiger charge is 2.33. The molecule has 0 saturated carbocycles. The molecule has 2 rings (SSSR count). The standard InChI is InChI=1S/C12H22N4O3S/c1-12(3-7-19-8-4-12)15-20(17,18)11-9-14-16(10-11)6-2-5-13/h9-10,15H,2-8,13H2,1H3. The Morgan fingerprint density at radius 3 is 2.85 bits per heavy atom. The second kappa shape index (κ2) is 6.21. The van der Waals surface area contributed by atoms with Crippen LogP contribution in [0.4, 0.5) is 0 Å². The van der Waals surface area contributed by atoms with Gasteiger partial charge in [0.15, 0.2) is 0 Å². The molecule has 0 aromatic carbocycles. The molecular formula is C12H22N4O3S. The normalized spacial score (nSPS) is 19.1. The van der Waals surface area contributed by atoms with Crippen molar-refractivity contribution in [3.63, 3.8) is 0 Å². The SMILES string of the molecule is CC1(NS(=O)(=O)c2cnn(CCCN)c2)CCOCC1. The number of ether oxygens (including phenoxy) is 1. The van der Waals surface area contributed by atoms with E-state index in [4.69, 9.17) is 10.5 Å². The molecule has 8 heteroatoms. The molecular weight excluding hydrogens is 280 g/mol. The second-order valence-electron chi connectivity index (χ2n) is 5.36. The number of nitrogens with one attached hydrogen (secondary N) is 1. The van der Waals surface area contributed by atoms with Crippen molar-refractivity contribution in [2.24, 2.45) is 5.73 Å². The zero-order chi connectivity index (χ0) is 14.6. The molecule has 114 valence electrons. The summed E-state index contributed by atoms with van der Waals surface area (Å²) in [5, 5.41) is 4.05. The second-order valence-corrected chi connectivity index (χ2v) is 7.04. The fourth-order valence-corrected chi connectivity index (χ4v) is 3.58. The first-order valence-electron chi connectivity index (χ1n) is 6.79. The Kier molecular flexibility index (Phi) is 4.79. The lowest BCUT2D eigenvalue weighted by Gasteiger charge is -2.33. The predicted octanol–water partition coefficient (Wildman–Crippen LogP) is 0.0793. The minimum atomic E-state index is -3.54. The molecule has 3 N–H and O–H groups in total. The van der Waals surface area contributed by atoms with E-state index in [1.807, 2.05) is 6.92 Å². The number of rotatable bonds is 6. The number of nitrogens with two attached hydrogens (primary N) is 1. The smallest absolute Gasteiger partial charge is 0.244 e. The van der Waals surface area contributed by atoms with E-state index < -0.39 is 15.6 Å². The van der Waals surface area contributed by atoms with E-state index in [2.05, 4.69) is 9.82 Å². The van der Waals surface area contributed by atoms with Crippen LogP contribution in [0.2, 0.25) is 0 Å². The molecule has 0 radical (unpaired) electrons. The van der Waals surface area contributed by atoms with Crippen molar-refractivity contribution in [2.45, 2.75) is 43.2 Å². The van der Waals surface area contributed by atoms with E-state index in [-0.39, 0.29) is 4.90 Å². The van der Waals surface area contributed by atoms with Gasteiger partial charge in [0.05, 0.1) is 6.20 Å². The van der Waals surface area contributed by atoms with E-state index in [1.165, 1.54) is 6.20 Å². The van der Waals surface area contributed by atoms with Crippen LogP contribution in [-0.4, -0.2) is 43.5 Å². The number of hydrogen-bond acceptors (Lipinski definition) is 5. The summed E-state index contributed by atoms with van der Waals surface area (Å²) >= 11 is 0. The van der Waals surface area contributed by atoms with Gasteiger partial charge in [-0.15, -0.1) is 0 Å². The van der Waals surface area contributed by atoms with Crippen molar-refractivity contribution in [1.29, 1.82) is 0 Å². The van der Waals surface area contributed by atoms with Gasteiger partial charge in [-0.3, -0.25) is 4.68 Å². The van der Waals surface area contributed by atoms with Gasteiger partial charge < -0.3 is 10.5 Å². The zero-order valence-corrected chi connectivity index (χ0v) is 12.5. The maximum Gasteiger partial charge on any atom is 0.244 e. The molecule has 1 aliphatic heterocycles. The highest BCUT2D eigenvalue weighted by molar-refractivity contribution is 7.89. The van der Waals surface area contributed by atoms with Gasteiger partial charge in [-0.25, -0.2) is 13.1 Å². The monoisotopic (exact) mass is 302 g/mol. The minimum absolute atomic E-state index is 0.197. The van der Waals surface area contributed by atoms with Gasteiger partial charge in [-0.05, 0) is 32.7 Å². The summed E-state index contributed by atoms with van der Waals surface area (Å²) in [6, 6.07) is 0. The number of hydrogen-bond donors (Lipinski definition) is 2. The third-order valence-electron chi connectivity index (χ3n) is 3.49. The van der Waals surface area contributed by atoms with E-state index in [0.717, 1.165) is 6.42 Å². The Bertz CT molecular complexity index is 535. The molecule has 7 nitrogen and oxygen atoms in total. The van der Waals surface area contributed by atoms with Crippen LogP contribution in [0.5, 0.6) is 0 Å². The number of aryl methyl sites for hydroxylation is 1. The number of nitrogens with zero attached hydrogens (tertiary/aromatic N) is 2. The molecule has 20 heavy (non-hydrogen) atoms. The van der Waals surface area contributed by atoms with Crippen molar-refractivity contribution < 1.29 is 13.2 Å². The molecule has 1 aromatic heterocycles. The average molecular weight is 302 g/mol. The van der Waals surface area contributed by atoms with Gasteiger partial charge >= 0.3 is 0 Å². The lowest BCUT2D eigenvalue weighted by molar-refractivity contribution is 0.0537. The lowest BCUT2D eigenvalue weighted by Crippen LogP contribution is -2.49. The number of aromatic nitrogens is 2. The van der Waals surface area contributed by atoms with Crippen molar-refractivity contribution in [1.82, 2.24) is 14.5 Å². The van der Waals surface area contributed by atoms with Crippen LogP contribution in [0.1, 0.15) is 26.2 Å². The summed E-state index contributed by atoms with van der Waals surface area (Å²) in [7, 11) is -3.54. The van der Waals surface area contributed by atoms with E-state index in [9.17, 15) is 8.42 Å². The summed E-state index contributed by atoms with van der Waals surface area (Å²) in [6.07, 6.45) is 5.03. The maximum atomic E-state index is 12.4. The first-order valence-corrected chi connectivity index (χ1v) is 8.28. The van der Waals surface area contributed by atoms with Crippen molar-refractivity contribution in [3.8, 4) is 0 Å². The van der Waals surface area contributed by atoms with E-state index in [0.29, 0.717) is 39.1 Å². The highest BCUT2D eigenvalue weighted by atomic mass is 32.2. The molecule has 0 atom stereocenters. The minimum Gasteiger partial charge on any atom is -0.381 e. The Morgan fingerprint density at radius 2 is 2.20 bits per heavy atom. The van der Waals surface area contributed by atoms with Crippen LogP contribution in [0.15, 0.2) is 17.3 Å². The summed E-state index contributed by atoms with van der Waals surface area (Å²) < 4.78 is 34.4. The summed E-state index contributed by atoms with van der Waals surface area (Å²) in [4.78, 5) is 0.197. The maximum absolute atomic E-state index is 12.4. The third-order valence-corrected chi connectivity index (χ3v) is 5.08. The molecule has 0 unspecified atom stereocenters. The molecule has 1 aliphatic rings. The van der Waals surface area contributed by atoms with Gasteiger partial charge in [0.25, 0.3) is 0 Å². The molecule has 0 spiro atoms. The van der Waals surface area contributed by atoms with Crippen LogP contribution >= 0.6 is 0 Å². The van der Waals surface area contributed by atoms with Crippen LogP contribution in [-0.2, 0) is 21.3 Å². The Balaban J connectivity index is 2.07. The summed E-state index contributed by atoms with van der Waals surface area (Å²) in [5.74, 6) is 0. The zero-order valence-electron chi connectivity index (χ0n) is 11.7. The Hall–Kier alpha value is -0.960. The molecule has 0 amide bonds. The van der Waals surface area contributed by atoms with Gasteiger partial charge in [-0.1, -0.05) is 0 Å². The highest BCUT2D eigenvalue weighted by Crippen LogP contribution is 2.22. The predicted molar refractivity (Wildman–Crippen MR) is 74.7 cm³/mol. The quantitative estimate of drug-likeness (QED) is 0.775. The number of sulfonamides is 1. The van der Waals surface area contributed by atoms with E-state index >= 15 is 0 Å². The Morgan fingerprint density at radius 1 is 1.50 bits per heavy atom. The summed E-state index contributed by atoms with van der Waals surface area (Å²) in [6.45, 7) is 4.24. The molecule has 1 fully saturated rings. The fourth-order valence-electron chi connectivity index (χ4n) is 2.17. The largest absolute Gasteiger partial charge is 0.381 e. The van der Waals surface area contributed by atoms with Gasteiger partial charge in [-0.2, -0.15) is 5.10 Å². The van der Waals surface area contributed by atoms with E-state index in [1.54, 1.807) is 10.9 Å². The summed E-state index contributed by atoms with van der Waals surface area (Å²) in [5.41, 5.74) is 4.98. The fraction of sp³-hybridized carbons (Fsp3) is 0.750. The van der Waals surface area contributed by atoms with Crippen molar-refractivity contribution in [3.05, 3.63) is 12.4 Å². The van der Waals surface area contributed by atoms with Crippen LogP contribution < -0.4 is 10.5 Å². The lowest BCUT2D eigenvalue weighted by atomic mass is 9.94. The molecule has 2 heterocycles. The molecule has 0 aliphatic carbocycles. The van der Waals surface area contributed by atoms with Crippen LogP contribution in [0.25, 0.3) is 0 Å². The van der Waals surface area contributed by atoms with Gasteiger partial charge in [0, 0.05) is 31.5 Å². The van der Waals surface area contributed by atoms with Crippen molar-refractivity contribution >= 4 is 10.0 Å². The molecule has 1 aromatic rings. The van der Waals surface area contributed by atoms with Crippen LogP contribution in [0.3, 0.4) is 0 Å². The van der Waals surface area contributed by atoms with Crippen molar-refractivity contribution in [2.75, 3.05) is 19.8 Å². The first-order chi connectivity index (χ1) is 9.45. The average Bonchev–Trinajstić information content (AvgIpc) is 2.85. The van der Waals surface area contributed by atoms with Crippen LogP contribution in [0, 0.1) is 0 Å². The topological polar surface area (TPSA) is 99.2 Å². The van der Waals surface area contributed by atoms with Gasteiger partial charge in [0.1, 0.15) is 4.90 Å². The Labute approximate surface area is 119 Å². The third kappa shape index (κ3) is 3.78. The van der Waals surface area contributed by atoms with Gasteiger partial charge in [0.2, 0.25) is 10.0 Å². The molecule has 0 bridgehead atoms. The first kappa shape index (κ1) is 15.4. The molecule has 1 saturated heterocycles.